The fraction of sp³-hybridized carbons (Fsp3) is 0.533. The fourth-order valence-corrected chi connectivity index (χ4v) is 3.15. The molecule has 5 nitrogen and oxygen atoms in total. The highest BCUT2D eigenvalue weighted by Crippen LogP contribution is 2.48. The summed E-state index contributed by atoms with van der Waals surface area (Å²) in [5.74, 6) is -0.236. The van der Waals surface area contributed by atoms with Crippen molar-refractivity contribution in [3.05, 3.63) is 29.3 Å². The molecule has 1 aromatic carbocycles. The summed E-state index contributed by atoms with van der Waals surface area (Å²) in [6.45, 7) is 4.57. The maximum Gasteiger partial charge on any atom is 0.251 e. The van der Waals surface area contributed by atoms with Crippen molar-refractivity contribution in [1.82, 2.24) is 5.32 Å². The van der Waals surface area contributed by atoms with Gasteiger partial charge in [0.15, 0.2) is 0 Å². The number of primary sulfonamides is 1. The molecule has 1 fully saturated rings. The van der Waals surface area contributed by atoms with Gasteiger partial charge in [-0.25, -0.2) is 13.6 Å². The first-order chi connectivity index (χ1) is 9.77. The van der Waals surface area contributed by atoms with Crippen LogP contribution >= 0.6 is 0 Å². The van der Waals surface area contributed by atoms with Gasteiger partial charge in [0.05, 0.1) is 4.90 Å². The number of amides is 1. The summed E-state index contributed by atoms with van der Waals surface area (Å²) in [6.07, 6.45) is 4.52. The summed E-state index contributed by atoms with van der Waals surface area (Å²) >= 11 is 0. The summed E-state index contributed by atoms with van der Waals surface area (Å²) in [5.41, 5.74) is 1.37. The number of carbonyl (C=O) groups is 1. The lowest BCUT2D eigenvalue weighted by Crippen LogP contribution is -2.31. The Kier molecular flexibility index (Phi) is 4.39. The highest BCUT2D eigenvalue weighted by molar-refractivity contribution is 7.89. The average molecular weight is 310 g/mol. The Morgan fingerprint density at radius 3 is 2.57 bits per heavy atom. The SMILES string of the molecule is CCCC1(CNC(=O)c2cc(S(N)(=O)=O)ccc2C)CC1. The molecule has 0 bridgehead atoms. The van der Waals surface area contributed by atoms with Gasteiger partial charge < -0.3 is 5.32 Å². The van der Waals surface area contributed by atoms with Crippen LogP contribution in [0.1, 0.15) is 48.5 Å². The van der Waals surface area contributed by atoms with Crippen LogP contribution in [0.2, 0.25) is 0 Å². The molecule has 116 valence electrons. The molecule has 0 radical (unpaired) electrons. The Balaban J connectivity index is 2.12. The lowest BCUT2D eigenvalue weighted by molar-refractivity contribution is 0.0943. The average Bonchev–Trinajstić information content (AvgIpc) is 3.16. The standard InChI is InChI=1S/C15H22N2O3S/c1-3-6-15(7-8-15)10-17-14(18)13-9-12(21(16,19)20)5-4-11(13)2/h4-5,9H,3,6-8,10H2,1-2H3,(H,17,18)(H2,16,19,20). The minimum Gasteiger partial charge on any atom is -0.351 e. The third-order valence-electron chi connectivity index (χ3n) is 4.14. The van der Waals surface area contributed by atoms with Gasteiger partial charge in [-0.05, 0) is 49.3 Å². The first kappa shape index (κ1) is 16.0. The maximum atomic E-state index is 12.3. The van der Waals surface area contributed by atoms with Crippen molar-refractivity contribution in [2.45, 2.75) is 44.4 Å². The Bertz CT molecular complexity index is 649. The van der Waals surface area contributed by atoms with Crippen LogP contribution in [-0.4, -0.2) is 20.9 Å². The third kappa shape index (κ3) is 3.83. The van der Waals surface area contributed by atoms with Crippen molar-refractivity contribution in [2.75, 3.05) is 6.54 Å². The molecule has 1 aliphatic carbocycles. The van der Waals surface area contributed by atoms with E-state index in [9.17, 15) is 13.2 Å². The monoisotopic (exact) mass is 310 g/mol. The van der Waals surface area contributed by atoms with Crippen LogP contribution in [0.5, 0.6) is 0 Å². The molecule has 1 aromatic rings. The van der Waals surface area contributed by atoms with Gasteiger partial charge >= 0.3 is 0 Å². The van der Waals surface area contributed by atoms with E-state index in [4.69, 9.17) is 5.14 Å². The van der Waals surface area contributed by atoms with E-state index < -0.39 is 10.0 Å². The van der Waals surface area contributed by atoms with Gasteiger partial charge in [-0.2, -0.15) is 0 Å². The van der Waals surface area contributed by atoms with Crippen LogP contribution in [0, 0.1) is 12.3 Å². The third-order valence-corrected chi connectivity index (χ3v) is 5.05. The Morgan fingerprint density at radius 1 is 1.38 bits per heavy atom. The minimum absolute atomic E-state index is 0.0343. The second kappa shape index (κ2) is 5.77. The number of benzene rings is 1. The number of aryl methyl sites for hydroxylation is 1. The highest BCUT2D eigenvalue weighted by atomic mass is 32.2. The van der Waals surface area contributed by atoms with Gasteiger partial charge in [-0.3, -0.25) is 4.79 Å². The number of carbonyl (C=O) groups excluding carboxylic acids is 1. The van der Waals surface area contributed by atoms with Gasteiger partial charge in [0.25, 0.3) is 5.91 Å². The van der Waals surface area contributed by atoms with Crippen LogP contribution in [0.4, 0.5) is 0 Å². The van der Waals surface area contributed by atoms with E-state index >= 15 is 0 Å². The number of sulfonamides is 1. The van der Waals surface area contributed by atoms with Gasteiger partial charge in [-0.15, -0.1) is 0 Å². The molecule has 1 saturated carbocycles. The van der Waals surface area contributed by atoms with Crippen molar-refractivity contribution in [3.63, 3.8) is 0 Å². The first-order valence-electron chi connectivity index (χ1n) is 7.19. The largest absolute Gasteiger partial charge is 0.351 e. The smallest absolute Gasteiger partial charge is 0.251 e. The fourth-order valence-electron chi connectivity index (χ4n) is 2.61. The van der Waals surface area contributed by atoms with E-state index in [1.54, 1.807) is 13.0 Å². The lowest BCUT2D eigenvalue weighted by atomic mass is 10.0. The van der Waals surface area contributed by atoms with Crippen molar-refractivity contribution >= 4 is 15.9 Å². The topological polar surface area (TPSA) is 89.3 Å². The Labute approximate surface area is 126 Å². The Morgan fingerprint density at radius 2 is 2.05 bits per heavy atom. The molecule has 0 aromatic heterocycles. The van der Waals surface area contributed by atoms with E-state index in [1.165, 1.54) is 12.1 Å². The molecule has 6 heteroatoms. The summed E-state index contributed by atoms with van der Waals surface area (Å²) in [4.78, 5) is 12.2. The number of hydrogen-bond acceptors (Lipinski definition) is 3. The van der Waals surface area contributed by atoms with Crippen LogP contribution in [0.15, 0.2) is 23.1 Å². The maximum absolute atomic E-state index is 12.3. The number of rotatable bonds is 6. The van der Waals surface area contributed by atoms with E-state index in [-0.39, 0.29) is 16.2 Å². The van der Waals surface area contributed by atoms with Crippen LogP contribution in [0.25, 0.3) is 0 Å². The van der Waals surface area contributed by atoms with Crippen molar-refractivity contribution in [2.24, 2.45) is 10.6 Å². The summed E-state index contributed by atoms with van der Waals surface area (Å²) in [5, 5.41) is 8.04. The molecule has 0 atom stereocenters. The van der Waals surface area contributed by atoms with Gasteiger partial charge in [0, 0.05) is 12.1 Å². The van der Waals surface area contributed by atoms with Crippen molar-refractivity contribution in [1.29, 1.82) is 0 Å². The molecule has 0 spiro atoms. The molecule has 0 unspecified atom stereocenters. The predicted molar refractivity (Wildman–Crippen MR) is 81.5 cm³/mol. The zero-order chi connectivity index (χ0) is 15.7. The molecule has 1 aliphatic rings. The molecule has 0 aliphatic heterocycles. The summed E-state index contributed by atoms with van der Waals surface area (Å²) < 4.78 is 22.8. The molecule has 0 heterocycles. The second-order valence-corrected chi connectivity index (χ2v) is 7.52. The summed E-state index contributed by atoms with van der Waals surface area (Å²) in [6, 6.07) is 4.37. The minimum atomic E-state index is -3.80. The van der Waals surface area contributed by atoms with Crippen molar-refractivity contribution < 1.29 is 13.2 Å². The second-order valence-electron chi connectivity index (χ2n) is 5.95. The van der Waals surface area contributed by atoms with E-state index in [0.717, 1.165) is 31.2 Å². The molecular formula is C15H22N2O3S. The number of hydrogen-bond donors (Lipinski definition) is 2. The van der Waals surface area contributed by atoms with Gasteiger partial charge in [0.2, 0.25) is 10.0 Å². The van der Waals surface area contributed by atoms with Crippen molar-refractivity contribution in [3.8, 4) is 0 Å². The summed E-state index contributed by atoms with van der Waals surface area (Å²) in [7, 11) is -3.80. The first-order valence-corrected chi connectivity index (χ1v) is 8.74. The number of nitrogens with one attached hydrogen (secondary N) is 1. The van der Waals surface area contributed by atoms with E-state index in [0.29, 0.717) is 12.1 Å². The Hall–Kier alpha value is -1.40. The van der Waals surface area contributed by atoms with Crippen LogP contribution in [-0.2, 0) is 10.0 Å². The van der Waals surface area contributed by atoms with Gasteiger partial charge in [-0.1, -0.05) is 19.4 Å². The van der Waals surface area contributed by atoms with E-state index in [2.05, 4.69) is 12.2 Å². The zero-order valence-corrected chi connectivity index (χ0v) is 13.3. The van der Waals surface area contributed by atoms with Crippen LogP contribution < -0.4 is 10.5 Å². The molecular weight excluding hydrogens is 288 g/mol. The van der Waals surface area contributed by atoms with E-state index in [1.807, 2.05) is 0 Å². The lowest BCUT2D eigenvalue weighted by Gasteiger charge is -2.16. The van der Waals surface area contributed by atoms with Gasteiger partial charge in [0.1, 0.15) is 0 Å². The molecule has 0 saturated heterocycles. The molecule has 3 N–H and O–H groups in total. The number of nitrogens with two attached hydrogens (primary N) is 1. The quantitative estimate of drug-likeness (QED) is 0.841. The molecule has 2 rings (SSSR count). The molecule has 1 amide bonds. The predicted octanol–water partition coefficient (Wildman–Crippen LogP) is 1.95. The molecule has 21 heavy (non-hydrogen) atoms. The van der Waals surface area contributed by atoms with Crippen LogP contribution in [0.3, 0.4) is 0 Å². The zero-order valence-electron chi connectivity index (χ0n) is 12.5. The normalized spacial score (nSPS) is 16.5. The highest BCUT2D eigenvalue weighted by Gasteiger charge is 2.41.